The highest BCUT2D eigenvalue weighted by Crippen LogP contribution is 2.06. The van der Waals surface area contributed by atoms with Crippen molar-refractivity contribution < 1.29 is 9.53 Å². The molecule has 2 unspecified atom stereocenters. The standard InChI is InChI=1S/C9H20N2O2/c1-4-9(3,11)6-13-5-7(2)8(10)12/h7H,4-6,11H2,1-3H3,(H2,10,12). The Morgan fingerprint density at radius 1 is 1.62 bits per heavy atom. The molecule has 0 aromatic heterocycles. The summed E-state index contributed by atoms with van der Waals surface area (Å²) in [6.45, 7) is 6.47. The molecule has 0 aliphatic heterocycles. The Kier molecular flexibility index (Phi) is 4.95. The van der Waals surface area contributed by atoms with Crippen LogP contribution in [0.2, 0.25) is 0 Å². The van der Waals surface area contributed by atoms with Crippen molar-refractivity contribution in [2.75, 3.05) is 13.2 Å². The minimum atomic E-state index is -0.338. The zero-order valence-corrected chi connectivity index (χ0v) is 8.67. The number of hydrogen-bond acceptors (Lipinski definition) is 3. The van der Waals surface area contributed by atoms with E-state index in [2.05, 4.69) is 0 Å². The molecule has 0 saturated heterocycles. The maximum atomic E-state index is 10.6. The van der Waals surface area contributed by atoms with E-state index < -0.39 is 0 Å². The van der Waals surface area contributed by atoms with Gasteiger partial charge in [0.2, 0.25) is 5.91 Å². The summed E-state index contributed by atoms with van der Waals surface area (Å²) in [5.74, 6) is -0.581. The average Bonchev–Trinajstić information content (AvgIpc) is 2.04. The van der Waals surface area contributed by atoms with Crippen molar-refractivity contribution in [1.82, 2.24) is 0 Å². The van der Waals surface area contributed by atoms with Gasteiger partial charge >= 0.3 is 0 Å². The second kappa shape index (κ2) is 5.19. The number of hydrogen-bond donors (Lipinski definition) is 2. The molecule has 4 N–H and O–H groups in total. The Balaban J connectivity index is 3.62. The summed E-state index contributed by atoms with van der Waals surface area (Å²) < 4.78 is 5.29. The van der Waals surface area contributed by atoms with Crippen molar-refractivity contribution in [3.63, 3.8) is 0 Å². The average molecular weight is 188 g/mol. The highest BCUT2D eigenvalue weighted by molar-refractivity contribution is 5.76. The second-order valence-corrected chi connectivity index (χ2v) is 3.83. The van der Waals surface area contributed by atoms with Gasteiger partial charge in [-0.15, -0.1) is 0 Å². The fraction of sp³-hybridized carbons (Fsp3) is 0.889. The Hall–Kier alpha value is -0.610. The largest absolute Gasteiger partial charge is 0.379 e. The topological polar surface area (TPSA) is 78.3 Å². The van der Waals surface area contributed by atoms with Crippen LogP contribution in [0.5, 0.6) is 0 Å². The fourth-order valence-corrected chi connectivity index (χ4v) is 0.653. The van der Waals surface area contributed by atoms with Crippen molar-refractivity contribution in [1.29, 1.82) is 0 Å². The number of carbonyl (C=O) groups excluding carboxylic acids is 1. The molecular formula is C9H20N2O2. The van der Waals surface area contributed by atoms with E-state index in [9.17, 15) is 4.79 Å². The first-order valence-electron chi connectivity index (χ1n) is 4.55. The summed E-state index contributed by atoms with van der Waals surface area (Å²) in [6, 6.07) is 0. The first-order valence-corrected chi connectivity index (χ1v) is 4.55. The number of carbonyl (C=O) groups is 1. The molecule has 78 valence electrons. The molecule has 0 radical (unpaired) electrons. The van der Waals surface area contributed by atoms with Gasteiger partial charge in [0, 0.05) is 5.54 Å². The molecule has 0 aliphatic rings. The number of rotatable bonds is 6. The van der Waals surface area contributed by atoms with Crippen molar-refractivity contribution in [2.45, 2.75) is 32.7 Å². The van der Waals surface area contributed by atoms with Gasteiger partial charge in [-0.05, 0) is 13.3 Å². The van der Waals surface area contributed by atoms with Crippen molar-refractivity contribution in [2.24, 2.45) is 17.4 Å². The van der Waals surface area contributed by atoms with Gasteiger partial charge in [-0.2, -0.15) is 0 Å². The third-order valence-corrected chi connectivity index (χ3v) is 2.09. The third-order valence-electron chi connectivity index (χ3n) is 2.09. The van der Waals surface area contributed by atoms with E-state index in [4.69, 9.17) is 16.2 Å². The monoisotopic (exact) mass is 188 g/mol. The summed E-state index contributed by atoms with van der Waals surface area (Å²) in [5, 5.41) is 0. The molecule has 0 heterocycles. The van der Waals surface area contributed by atoms with Gasteiger partial charge in [0.25, 0.3) is 0 Å². The van der Waals surface area contributed by atoms with Crippen LogP contribution >= 0.6 is 0 Å². The first kappa shape index (κ1) is 12.4. The summed E-state index contributed by atoms with van der Waals surface area (Å²) >= 11 is 0. The molecule has 4 nitrogen and oxygen atoms in total. The Morgan fingerprint density at radius 2 is 2.15 bits per heavy atom. The van der Waals surface area contributed by atoms with Crippen molar-refractivity contribution in [3.8, 4) is 0 Å². The van der Waals surface area contributed by atoms with E-state index in [1.165, 1.54) is 0 Å². The predicted molar refractivity (Wildman–Crippen MR) is 52.1 cm³/mol. The smallest absolute Gasteiger partial charge is 0.222 e. The van der Waals surface area contributed by atoms with Crippen LogP contribution in [-0.4, -0.2) is 24.7 Å². The molecule has 0 aromatic rings. The number of nitrogens with two attached hydrogens (primary N) is 2. The van der Waals surface area contributed by atoms with Gasteiger partial charge in [0.05, 0.1) is 19.1 Å². The van der Waals surface area contributed by atoms with Gasteiger partial charge in [0.1, 0.15) is 0 Å². The maximum absolute atomic E-state index is 10.6. The number of ether oxygens (including phenoxy) is 1. The van der Waals surface area contributed by atoms with Crippen molar-refractivity contribution >= 4 is 5.91 Å². The van der Waals surface area contributed by atoms with Crippen LogP contribution in [0.1, 0.15) is 27.2 Å². The maximum Gasteiger partial charge on any atom is 0.222 e. The Morgan fingerprint density at radius 3 is 2.54 bits per heavy atom. The van der Waals surface area contributed by atoms with Crippen LogP contribution in [-0.2, 0) is 9.53 Å². The lowest BCUT2D eigenvalue weighted by atomic mass is 10.0. The SMILES string of the molecule is CCC(C)(N)COCC(C)C(N)=O. The molecule has 2 atom stereocenters. The van der Waals surface area contributed by atoms with Crippen LogP contribution < -0.4 is 11.5 Å². The molecule has 13 heavy (non-hydrogen) atoms. The molecule has 0 spiro atoms. The normalized spacial score (nSPS) is 17.8. The first-order chi connectivity index (χ1) is 5.89. The summed E-state index contributed by atoms with van der Waals surface area (Å²) in [5.41, 5.74) is 10.6. The second-order valence-electron chi connectivity index (χ2n) is 3.83. The third kappa shape index (κ3) is 5.60. The van der Waals surface area contributed by atoms with E-state index in [-0.39, 0.29) is 17.4 Å². The molecule has 1 amide bonds. The number of primary amides is 1. The van der Waals surface area contributed by atoms with E-state index >= 15 is 0 Å². The quantitative estimate of drug-likeness (QED) is 0.627. The lowest BCUT2D eigenvalue weighted by molar-refractivity contribution is -0.123. The summed E-state index contributed by atoms with van der Waals surface area (Å²) in [7, 11) is 0. The molecule has 0 bridgehead atoms. The van der Waals surface area contributed by atoms with Crippen LogP contribution in [0.25, 0.3) is 0 Å². The highest BCUT2D eigenvalue weighted by atomic mass is 16.5. The van der Waals surface area contributed by atoms with Gasteiger partial charge in [0.15, 0.2) is 0 Å². The minimum Gasteiger partial charge on any atom is -0.379 e. The zero-order valence-electron chi connectivity index (χ0n) is 8.67. The van der Waals surface area contributed by atoms with E-state index in [1.54, 1.807) is 6.92 Å². The lowest BCUT2D eigenvalue weighted by Gasteiger charge is -2.22. The van der Waals surface area contributed by atoms with Crippen LogP contribution in [0.15, 0.2) is 0 Å². The Labute approximate surface area is 79.6 Å². The summed E-state index contributed by atoms with van der Waals surface area (Å²) in [4.78, 5) is 10.6. The van der Waals surface area contributed by atoms with Gasteiger partial charge in [-0.3, -0.25) is 4.79 Å². The predicted octanol–water partition coefficient (Wildman–Crippen LogP) is 0.252. The molecular weight excluding hydrogens is 168 g/mol. The van der Waals surface area contributed by atoms with E-state index in [0.29, 0.717) is 13.2 Å². The lowest BCUT2D eigenvalue weighted by Crippen LogP contribution is -2.41. The highest BCUT2D eigenvalue weighted by Gasteiger charge is 2.17. The molecule has 0 rings (SSSR count). The van der Waals surface area contributed by atoms with E-state index in [1.807, 2.05) is 13.8 Å². The van der Waals surface area contributed by atoms with Crippen LogP contribution in [0.4, 0.5) is 0 Å². The molecule has 4 heteroatoms. The Bertz CT molecular complexity index is 169. The van der Waals surface area contributed by atoms with Gasteiger partial charge in [-0.25, -0.2) is 0 Å². The number of amides is 1. The molecule has 0 fully saturated rings. The molecule has 0 saturated carbocycles. The van der Waals surface area contributed by atoms with Crippen LogP contribution in [0.3, 0.4) is 0 Å². The fourth-order valence-electron chi connectivity index (χ4n) is 0.653. The van der Waals surface area contributed by atoms with Crippen LogP contribution in [0, 0.1) is 5.92 Å². The van der Waals surface area contributed by atoms with E-state index in [0.717, 1.165) is 6.42 Å². The molecule has 0 aliphatic carbocycles. The van der Waals surface area contributed by atoms with Gasteiger partial charge in [-0.1, -0.05) is 13.8 Å². The zero-order chi connectivity index (χ0) is 10.5. The summed E-state index contributed by atoms with van der Waals surface area (Å²) in [6.07, 6.45) is 0.845. The van der Waals surface area contributed by atoms with Gasteiger partial charge < -0.3 is 16.2 Å². The minimum absolute atomic E-state index is 0.243. The molecule has 0 aromatic carbocycles. The van der Waals surface area contributed by atoms with Crippen molar-refractivity contribution in [3.05, 3.63) is 0 Å².